The normalized spacial score (nSPS) is 22.3. The van der Waals surface area contributed by atoms with Crippen LogP contribution in [0.4, 0.5) is 0 Å². The monoisotopic (exact) mass is 336 g/mol. The number of nitrogens with zero attached hydrogens (tertiary/aromatic N) is 2. The fraction of sp³-hybridized carbons (Fsp3) is 0.562. The molecule has 0 unspecified atom stereocenters. The Hall–Kier alpha value is -1.89. The molecule has 0 radical (unpaired) electrons. The number of carbonyl (C=O) groups is 3. The Labute approximate surface area is 138 Å². The second-order valence-corrected chi connectivity index (χ2v) is 7.02. The lowest BCUT2D eigenvalue weighted by Gasteiger charge is -2.34. The lowest BCUT2D eigenvalue weighted by atomic mass is 9.96. The lowest BCUT2D eigenvalue weighted by molar-refractivity contribution is -0.146. The molecule has 0 saturated carbocycles. The number of likely N-dealkylation sites (tertiary alicyclic amines) is 2. The van der Waals surface area contributed by atoms with E-state index in [4.69, 9.17) is 5.11 Å². The third-order valence-electron chi connectivity index (χ3n) is 4.69. The molecule has 1 aromatic heterocycles. The van der Waals surface area contributed by atoms with Gasteiger partial charge in [-0.3, -0.25) is 14.4 Å². The van der Waals surface area contributed by atoms with Gasteiger partial charge in [0.2, 0.25) is 5.91 Å². The van der Waals surface area contributed by atoms with Gasteiger partial charge in [0.15, 0.2) is 0 Å². The highest BCUT2D eigenvalue weighted by atomic mass is 32.1. The van der Waals surface area contributed by atoms with Gasteiger partial charge >= 0.3 is 5.97 Å². The maximum absolute atomic E-state index is 12.7. The molecule has 0 aliphatic carbocycles. The molecule has 7 heteroatoms. The largest absolute Gasteiger partial charge is 0.481 e. The van der Waals surface area contributed by atoms with Crippen molar-refractivity contribution >= 4 is 29.1 Å². The highest BCUT2D eigenvalue weighted by molar-refractivity contribution is 7.12. The first kappa shape index (κ1) is 16.0. The Morgan fingerprint density at radius 3 is 2.48 bits per heavy atom. The number of carbonyl (C=O) groups excluding carboxylic acids is 2. The Kier molecular flexibility index (Phi) is 4.66. The Morgan fingerprint density at radius 1 is 1.13 bits per heavy atom. The fourth-order valence-electron chi connectivity index (χ4n) is 3.37. The smallest absolute Gasteiger partial charge is 0.306 e. The van der Waals surface area contributed by atoms with Gasteiger partial charge in [-0.15, -0.1) is 11.3 Å². The summed E-state index contributed by atoms with van der Waals surface area (Å²) in [6, 6.07) is 3.22. The molecule has 1 atom stereocenters. The number of carboxylic acids is 1. The number of carboxylic acid groups (broad SMARTS) is 1. The number of hydrogen-bond acceptors (Lipinski definition) is 4. The molecule has 124 valence electrons. The number of aliphatic carboxylic acids is 1. The maximum Gasteiger partial charge on any atom is 0.306 e. The summed E-state index contributed by atoms with van der Waals surface area (Å²) in [6.07, 6.45) is 2.51. The molecule has 0 bridgehead atoms. The fourth-order valence-corrected chi connectivity index (χ4v) is 4.04. The highest BCUT2D eigenvalue weighted by Gasteiger charge is 2.38. The molecule has 0 aromatic carbocycles. The summed E-state index contributed by atoms with van der Waals surface area (Å²) in [4.78, 5) is 40.4. The maximum atomic E-state index is 12.7. The van der Waals surface area contributed by atoms with Crippen LogP contribution in [0.1, 0.15) is 35.4 Å². The van der Waals surface area contributed by atoms with Gasteiger partial charge in [0.05, 0.1) is 10.8 Å². The van der Waals surface area contributed by atoms with Gasteiger partial charge in [0.1, 0.15) is 6.04 Å². The summed E-state index contributed by atoms with van der Waals surface area (Å²) >= 11 is 1.39. The molecule has 0 spiro atoms. The van der Waals surface area contributed by atoms with Crippen molar-refractivity contribution < 1.29 is 19.5 Å². The first-order valence-electron chi connectivity index (χ1n) is 7.94. The van der Waals surface area contributed by atoms with E-state index in [1.54, 1.807) is 15.9 Å². The summed E-state index contributed by atoms with van der Waals surface area (Å²) in [7, 11) is 0. The molecule has 2 fully saturated rings. The van der Waals surface area contributed by atoms with Crippen molar-refractivity contribution in [1.82, 2.24) is 9.80 Å². The summed E-state index contributed by atoms with van der Waals surface area (Å²) in [5.41, 5.74) is 0. The van der Waals surface area contributed by atoms with Crippen LogP contribution in [-0.4, -0.2) is 58.4 Å². The van der Waals surface area contributed by atoms with E-state index in [1.807, 2.05) is 11.4 Å². The predicted molar refractivity (Wildman–Crippen MR) is 85.3 cm³/mol. The van der Waals surface area contributed by atoms with Gasteiger partial charge in [-0.2, -0.15) is 0 Å². The van der Waals surface area contributed by atoms with Crippen LogP contribution in [0.25, 0.3) is 0 Å². The van der Waals surface area contributed by atoms with Crippen LogP contribution in [0, 0.1) is 5.92 Å². The van der Waals surface area contributed by atoms with Gasteiger partial charge < -0.3 is 14.9 Å². The van der Waals surface area contributed by atoms with Gasteiger partial charge in [-0.05, 0) is 37.1 Å². The molecule has 23 heavy (non-hydrogen) atoms. The lowest BCUT2D eigenvalue weighted by Crippen LogP contribution is -2.50. The SMILES string of the molecule is O=C(O)C1CCN(C(=O)[C@@H]2CCCN2C(=O)c2cccs2)CC1. The molecule has 1 N–H and O–H groups in total. The van der Waals surface area contributed by atoms with Crippen LogP contribution < -0.4 is 0 Å². The summed E-state index contributed by atoms with van der Waals surface area (Å²) in [6.45, 7) is 1.54. The van der Waals surface area contributed by atoms with Gasteiger partial charge in [-0.1, -0.05) is 6.07 Å². The number of piperidine rings is 1. The van der Waals surface area contributed by atoms with Crippen LogP contribution in [0.5, 0.6) is 0 Å². The van der Waals surface area contributed by atoms with E-state index in [1.165, 1.54) is 11.3 Å². The number of rotatable bonds is 3. The van der Waals surface area contributed by atoms with Crippen LogP contribution in [0.15, 0.2) is 17.5 Å². The van der Waals surface area contributed by atoms with Crippen molar-refractivity contribution in [2.75, 3.05) is 19.6 Å². The molecule has 2 aliphatic rings. The van der Waals surface area contributed by atoms with Crippen molar-refractivity contribution in [2.45, 2.75) is 31.7 Å². The third kappa shape index (κ3) is 3.24. The van der Waals surface area contributed by atoms with Crippen LogP contribution >= 0.6 is 11.3 Å². The highest BCUT2D eigenvalue weighted by Crippen LogP contribution is 2.26. The summed E-state index contributed by atoms with van der Waals surface area (Å²) in [5.74, 6) is -1.24. The van der Waals surface area contributed by atoms with Gasteiger partial charge in [0, 0.05) is 19.6 Å². The Morgan fingerprint density at radius 2 is 1.87 bits per heavy atom. The molecule has 2 aliphatic heterocycles. The topological polar surface area (TPSA) is 77.9 Å². The minimum absolute atomic E-state index is 0.0313. The van der Waals surface area contributed by atoms with Gasteiger partial charge in [-0.25, -0.2) is 0 Å². The standard InChI is InChI=1S/C16H20N2O4S/c19-14(17-8-5-11(6-9-17)16(21)22)12-3-1-7-18(12)15(20)13-4-2-10-23-13/h2,4,10-12H,1,3,5-9H2,(H,21,22)/t12-/m0/s1. The van der Waals surface area contributed by atoms with E-state index in [0.29, 0.717) is 43.8 Å². The average molecular weight is 336 g/mol. The van der Waals surface area contributed by atoms with Crippen molar-refractivity contribution in [1.29, 1.82) is 0 Å². The van der Waals surface area contributed by atoms with Gasteiger partial charge in [0.25, 0.3) is 5.91 Å². The van der Waals surface area contributed by atoms with Crippen LogP contribution in [0.2, 0.25) is 0 Å². The van der Waals surface area contributed by atoms with Crippen molar-refractivity contribution in [3.05, 3.63) is 22.4 Å². The first-order valence-corrected chi connectivity index (χ1v) is 8.82. The predicted octanol–water partition coefficient (Wildman–Crippen LogP) is 1.68. The summed E-state index contributed by atoms with van der Waals surface area (Å²) < 4.78 is 0. The number of thiophene rings is 1. The molecule has 2 saturated heterocycles. The zero-order chi connectivity index (χ0) is 16.4. The molecular weight excluding hydrogens is 316 g/mol. The van der Waals surface area contributed by atoms with Crippen molar-refractivity contribution in [2.24, 2.45) is 5.92 Å². The number of amides is 2. The van der Waals surface area contributed by atoms with E-state index in [2.05, 4.69) is 0 Å². The van der Waals surface area contributed by atoms with Crippen molar-refractivity contribution in [3.63, 3.8) is 0 Å². The zero-order valence-electron chi connectivity index (χ0n) is 12.8. The van der Waals surface area contributed by atoms with E-state index < -0.39 is 12.0 Å². The molecule has 2 amide bonds. The molecule has 6 nitrogen and oxygen atoms in total. The van der Waals surface area contributed by atoms with E-state index in [9.17, 15) is 14.4 Å². The summed E-state index contributed by atoms with van der Waals surface area (Å²) in [5, 5.41) is 10.9. The zero-order valence-corrected chi connectivity index (χ0v) is 13.6. The van der Waals surface area contributed by atoms with Crippen LogP contribution in [-0.2, 0) is 9.59 Å². The Balaban J connectivity index is 1.65. The molecule has 1 aromatic rings. The second-order valence-electron chi connectivity index (χ2n) is 6.07. The Bertz CT molecular complexity index is 593. The second kappa shape index (κ2) is 6.70. The van der Waals surface area contributed by atoms with Crippen LogP contribution in [0.3, 0.4) is 0 Å². The molecule has 3 heterocycles. The quantitative estimate of drug-likeness (QED) is 0.911. The minimum Gasteiger partial charge on any atom is -0.481 e. The first-order chi connectivity index (χ1) is 11.1. The third-order valence-corrected chi connectivity index (χ3v) is 5.54. The minimum atomic E-state index is -0.785. The number of hydrogen-bond donors (Lipinski definition) is 1. The average Bonchev–Trinajstić information content (AvgIpc) is 3.25. The van der Waals surface area contributed by atoms with E-state index in [0.717, 1.165) is 6.42 Å². The molecule has 3 rings (SSSR count). The molecular formula is C16H20N2O4S. The van der Waals surface area contributed by atoms with E-state index in [-0.39, 0.29) is 17.7 Å². The van der Waals surface area contributed by atoms with E-state index >= 15 is 0 Å². The van der Waals surface area contributed by atoms with Crippen molar-refractivity contribution in [3.8, 4) is 0 Å².